The summed E-state index contributed by atoms with van der Waals surface area (Å²) in [6.45, 7) is 8.58. The molecule has 3 atom stereocenters. The van der Waals surface area contributed by atoms with Crippen LogP contribution in [-0.4, -0.2) is 11.7 Å². The van der Waals surface area contributed by atoms with Gasteiger partial charge in [0.1, 0.15) is 0 Å². The van der Waals surface area contributed by atoms with Crippen molar-refractivity contribution in [1.82, 2.24) is 0 Å². The molecule has 0 heterocycles. The Balaban J connectivity index is 2.07. The molecular weight excluding hydrogens is 160 g/mol. The third-order valence-corrected chi connectivity index (χ3v) is 2.74. The van der Waals surface area contributed by atoms with Crippen LogP contribution in [0.2, 0.25) is 0 Å². The van der Waals surface area contributed by atoms with E-state index in [1.165, 1.54) is 5.57 Å². The van der Waals surface area contributed by atoms with E-state index in [1.807, 2.05) is 0 Å². The van der Waals surface area contributed by atoms with Gasteiger partial charge in [0.05, 0.1) is 11.7 Å². The molecule has 2 bridgehead atoms. The van der Waals surface area contributed by atoms with Crippen LogP contribution in [0, 0.1) is 11.8 Å². The quantitative estimate of drug-likeness (QED) is 0.561. The minimum absolute atomic E-state index is 0.0222. The van der Waals surface area contributed by atoms with Gasteiger partial charge in [-0.3, -0.25) is 0 Å². The van der Waals surface area contributed by atoms with Gasteiger partial charge in [0, 0.05) is 11.8 Å². The molecule has 0 saturated carbocycles. The number of rotatable bonds is 1. The second-order valence-corrected chi connectivity index (χ2v) is 5.09. The molecule has 0 aromatic rings. The van der Waals surface area contributed by atoms with Crippen molar-refractivity contribution >= 4 is 0 Å². The third kappa shape index (κ3) is 1.58. The van der Waals surface area contributed by atoms with E-state index in [0.29, 0.717) is 17.9 Å². The highest BCUT2D eigenvalue weighted by atomic mass is 16.5. The van der Waals surface area contributed by atoms with Crippen molar-refractivity contribution in [2.45, 2.75) is 39.4 Å². The fourth-order valence-corrected chi connectivity index (χ4v) is 2.24. The van der Waals surface area contributed by atoms with Gasteiger partial charge < -0.3 is 4.74 Å². The largest absolute Gasteiger partial charge is 0.371 e. The predicted octanol–water partition coefficient (Wildman–Crippen LogP) is 2.93. The van der Waals surface area contributed by atoms with E-state index in [2.05, 4.69) is 45.9 Å². The monoisotopic (exact) mass is 178 g/mol. The molecule has 1 heteroatoms. The first-order chi connectivity index (χ1) is 5.97. The van der Waals surface area contributed by atoms with Crippen molar-refractivity contribution in [3.8, 4) is 0 Å². The zero-order valence-electron chi connectivity index (χ0n) is 8.87. The highest BCUT2D eigenvalue weighted by Crippen LogP contribution is 2.41. The summed E-state index contributed by atoms with van der Waals surface area (Å²) >= 11 is 0. The maximum absolute atomic E-state index is 6.04. The first kappa shape index (κ1) is 9.01. The second-order valence-electron chi connectivity index (χ2n) is 5.09. The first-order valence-electron chi connectivity index (χ1n) is 5.02. The Bertz CT molecular complexity index is 267. The summed E-state index contributed by atoms with van der Waals surface area (Å²) in [5.41, 5.74) is 1.45. The topological polar surface area (TPSA) is 9.23 Å². The van der Waals surface area contributed by atoms with E-state index in [4.69, 9.17) is 4.74 Å². The molecule has 1 unspecified atom stereocenters. The fourth-order valence-electron chi connectivity index (χ4n) is 2.24. The van der Waals surface area contributed by atoms with E-state index >= 15 is 0 Å². The van der Waals surface area contributed by atoms with Crippen molar-refractivity contribution in [2.75, 3.05) is 0 Å². The summed E-state index contributed by atoms with van der Waals surface area (Å²) in [5, 5.41) is 0. The van der Waals surface area contributed by atoms with Crippen LogP contribution in [0.4, 0.5) is 0 Å². The van der Waals surface area contributed by atoms with Gasteiger partial charge >= 0.3 is 0 Å². The Morgan fingerprint density at radius 3 is 2.31 bits per heavy atom. The molecule has 0 aliphatic heterocycles. The van der Waals surface area contributed by atoms with Gasteiger partial charge in [0.25, 0.3) is 0 Å². The minimum atomic E-state index is -0.0222. The molecule has 0 aromatic carbocycles. The smallest absolute Gasteiger partial charge is 0.0778 e. The molecule has 13 heavy (non-hydrogen) atoms. The number of hydrogen-bond donors (Lipinski definition) is 0. The number of fused-ring (bicyclic) bond motifs is 2. The highest BCUT2D eigenvalue weighted by molar-refractivity contribution is 5.32. The molecule has 2 rings (SSSR count). The van der Waals surface area contributed by atoms with Crippen LogP contribution in [0.1, 0.15) is 27.7 Å². The molecule has 0 fully saturated rings. The predicted molar refractivity (Wildman–Crippen MR) is 54.5 cm³/mol. The Morgan fingerprint density at radius 1 is 1.23 bits per heavy atom. The van der Waals surface area contributed by atoms with Crippen molar-refractivity contribution in [1.29, 1.82) is 0 Å². The second kappa shape index (κ2) is 2.71. The zero-order valence-corrected chi connectivity index (χ0v) is 8.87. The van der Waals surface area contributed by atoms with Crippen molar-refractivity contribution in [3.05, 3.63) is 23.8 Å². The average molecular weight is 178 g/mol. The lowest BCUT2D eigenvalue weighted by atomic mass is 10.0. The van der Waals surface area contributed by atoms with E-state index in [0.717, 1.165) is 0 Å². The molecule has 72 valence electrons. The van der Waals surface area contributed by atoms with Gasteiger partial charge in [-0.05, 0) is 27.7 Å². The Kier molecular flexibility index (Phi) is 1.88. The van der Waals surface area contributed by atoms with Crippen molar-refractivity contribution < 1.29 is 4.74 Å². The molecule has 1 nitrogen and oxygen atoms in total. The van der Waals surface area contributed by atoms with Crippen LogP contribution >= 0.6 is 0 Å². The molecule has 0 aromatic heterocycles. The fraction of sp³-hybridized carbons (Fsp3) is 0.667. The van der Waals surface area contributed by atoms with E-state index in [-0.39, 0.29) is 5.60 Å². The summed E-state index contributed by atoms with van der Waals surface area (Å²) < 4.78 is 6.04. The lowest BCUT2D eigenvalue weighted by Crippen LogP contribution is -2.31. The van der Waals surface area contributed by atoms with Crippen LogP contribution < -0.4 is 0 Å². The summed E-state index contributed by atoms with van der Waals surface area (Å²) in [4.78, 5) is 0. The van der Waals surface area contributed by atoms with Gasteiger partial charge in [0.15, 0.2) is 0 Å². The molecule has 0 spiro atoms. The van der Waals surface area contributed by atoms with Crippen LogP contribution in [0.5, 0.6) is 0 Å². The standard InChI is InChI=1S/C12H18O/c1-8-7-9-5-6-10(8)11(9)13-12(2,3)4/h5-7,9-11H,1-4H3/t9-,10+,11?/m1/s1. The minimum Gasteiger partial charge on any atom is -0.371 e. The summed E-state index contributed by atoms with van der Waals surface area (Å²) in [6, 6.07) is 0. The Morgan fingerprint density at radius 2 is 1.92 bits per heavy atom. The molecule has 0 radical (unpaired) electrons. The average Bonchev–Trinajstić information content (AvgIpc) is 2.42. The Hall–Kier alpha value is -0.560. The molecule has 2 aliphatic carbocycles. The summed E-state index contributed by atoms with van der Waals surface area (Å²) in [5.74, 6) is 1.08. The molecule has 0 N–H and O–H groups in total. The van der Waals surface area contributed by atoms with E-state index < -0.39 is 0 Å². The zero-order chi connectivity index (χ0) is 9.64. The third-order valence-electron chi connectivity index (χ3n) is 2.74. The number of ether oxygens (including phenoxy) is 1. The summed E-state index contributed by atoms with van der Waals surface area (Å²) in [6.07, 6.45) is 7.27. The number of hydrogen-bond acceptors (Lipinski definition) is 1. The Labute approximate surface area is 80.5 Å². The van der Waals surface area contributed by atoms with Gasteiger partial charge in [-0.2, -0.15) is 0 Å². The van der Waals surface area contributed by atoms with E-state index in [9.17, 15) is 0 Å². The highest BCUT2D eigenvalue weighted by Gasteiger charge is 2.39. The SMILES string of the molecule is CC1=C[C@H]2C=C[C@@H]1C2OC(C)(C)C. The van der Waals surface area contributed by atoms with Crippen LogP contribution in [0.3, 0.4) is 0 Å². The van der Waals surface area contributed by atoms with Gasteiger partial charge in [0.2, 0.25) is 0 Å². The maximum Gasteiger partial charge on any atom is 0.0778 e. The van der Waals surface area contributed by atoms with Gasteiger partial charge in [-0.15, -0.1) is 0 Å². The van der Waals surface area contributed by atoms with Crippen LogP contribution in [0.15, 0.2) is 23.8 Å². The van der Waals surface area contributed by atoms with Crippen molar-refractivity contribution in [3.63, 3.8) is 0 Å². The maximum atomic E-state index is 6.04. The summed E-state index contributed by atoms with van der Waals surface area (Å²) in [7, 11) is 0. The first-order valence-corrected chi connectivity index (χ1v) is 5.02. The van der Waals surface area contributed by atoms with Gasteiger partial charge in [-0.25, -0.2) is 0 Å². The van der Waals surface area contributed by atoms with Gasteiger partial charge in [-0.1, -0.05) is 23.8 Å². The van der Waals surface area contributed by atoms with Crippen molar-refractivity contribution in [2.24, 2.45) is 11.8 Å². The normalized spacial score (nSPS) is 36.9. The lowest BCUT2D eigenvalue weighted by molar-refractivity contribution is -0.0727. The molecule has 0 amide bonds. The van der Waals surface area contributed by atoms with Crippen LogP contribution in [-0.2, 0) is 4.74 Å². The lowest BCUT2D eigenvalue weighted by Gasteiger charge is -2.28. The van der Waals surface area contributed by atoms with E-state index in [1.54, 1.807) is 0 Å². The molecule has 2 aliphatic rings. The van der Waals surface area contributed by atoms with Crippen LogP contribution in [0.25, 0.3) is 0 Å². The molecular formula is C12H18O. The molecule has 0 saturated heterocycles.